The van der Waals surface area contributed by atoms with E-state index in [4.69, 9.17) is 0 Å². The van der Waals surface area contributed by atoms with Crippen LogP contribution in [0.3, 0.4) is 0 Å². The number of anilines is 1. The fraction of sp³-hybridized carbons (Fsp3) is 0.514. The molecule has 0 bridgehead atoms. The van der Waals surface area contributed by atoms with Crippen molar-refractivity contribution in [1.29, 1.82) is 0 Å². The molecule has 3 aromatic rings. The van der Waals surface area contributed by atoms with Crippen LogP contribution in [0.4, 0.5) is 18.9 Å². The molecular weight excluding hydrogens is 926 g/mol. The second kappa shape index (κ2) is 36.4. The van der Waals surface area contributed by atoms with Gasteiger partial charge in [-0.1, -0.05) is 83.1 Å². The van der Waals surface area contributed by atoms with Crippen LogP contribution in [0.2, 0.25) is 0 Å². The standard InChI is InChI=1S/C12H18.C9H9F3O3S.C9H13NO2S.2C3H9NO3S.CH5NO2S/c1-4-11-5-7-12(8-6-11)9-10(2)3;1-2-7-3-5-8(6-4-7)15-16(13,14)9(10,11)12;1-3-8-4-6-9(7-5-8)10-13(2,11)12;2*1-7-3-2-4-8(5)6;1-2-5(3)4/h5-8,10H,4,9H2,1-3H3;3-6H,2H2,1H3;4-7,10H,3H2,1-2H3;2*4H,2-3H2,1H3,(H,5,6);2H,1H3,(H,3,4)/p-3. The lowest BCUT2D eigenvalue weighted by molar-refractivity contribution is -0.0500. The van der Waals surface area contributed by atoms with Crippen LogP contribution in [0.25, 0.3) is 0 Å². The van der Waals surface area contributed by atoms with Gasteiger partial charge >= 0.3 is 15.6 Å². The second-order valence-corrected chi connectivity index (χ2v) is 18.0. The van der Waals surface area contributed by atoms with Crippen molar-refractivity contribution in [2.45, 2.75) is 65.8 Å². The average Bonchev–Trinajstić information content (AvgIpc) is 3.18. The number of methoxy groups -OCH3 is 2. The first-order valence-corrected chi connectivity index (χ1v) is 25.0. The summed E-state index contributed by atoms with van der Waals surface area (Å²) >= 11 is -6.37. The minimum Gasteiger partial charge on any atom is -0.760 e. The summed E-state index contributed by atoms with van der Waals surface area (Å²) in [5.74, 6) is 0.409. The average molecular weight is 986 g/mol. The Morgan fingerprint density at radius 2 is 0.984 bits per heavy atom. The molecule has 0 fully saturated rings. The summed E-state index contributed by atoms with van der Waals surface area (Å²) in [6.45, 7) is 12.1. The molecule has 17 nitrogen and oxygen atoms in total. The maximum atomic E-state index is 12.0. The molecular formula is C37H60F3N4O13S5-3. The van der Waals surface area contributed by atoms with Crippen molar-refractivity contribution in [1.82, 2.24) is 14.2 Å². The van der Waals surface area contributed by atoms with E-state index in [0.717, 1.165) is 30.6 Å². The molecule has 62 heavy (non-hydrogen) atoms. The number of aryl methyl sites for hydroxylation is 3. The molecule has 0 heterocycles. The van der Waals surface area contributed by atoms with Gasteiger partial charge in [0.25, 0.3) is 0 Å². The van der Waals surface area contributed by atoms with Gasteiger partial charge in [0.05, 0.1) is 19.5 Å². The highest BCUT2D eigenvalue weighted by Crippen LogP contribution is 2.27. The van der Waals surface area contributed by atoms with Crippen LogP contribution in [0, 0.1) is 5.92 Å². The fourth-order valence-corrected chi connectivity index (χ4v) is 5.34. The predicted molar refractivity (Wildman–Crippen MR) is 236 cm³/mol. The van der Waals surface area contributed by atoms with Crippen molar-refractivity contribution in [3.05, 3.63) is 95.1 Å². The number of sulfonamides is 1. The van der Waals surface area contributed by atoms with Gasteiger partial charge in [-0.3, -0.25) is 22.1 Å². The quantitative estimate of drug-likeness (QED) is 0.0590. The lowest BCUT2D eigenvalue weighted by atomic mass is 10.0. The monoisotopic (exact) mass is 985 g/mol. The summed E-state index contributed by atoms with van der Waals surface area (Å²) < 4.78 is 158. The van der Waals surface area contributed by atoms with Crippen LogP contribution in [-0.4, -0.2) is 102 Å². The number of alkyl halides is 3. The zero-order chi connectivity index (χ0) is 48.4. The van der Waals surface area contributed by atoms with Gasteiger partial charge in [0.1, 0.15) is 5.75 Å². The van der Waals surface area contributed by atoms with Gasteiger partial charge in [-0.15, -0.1) is 0 Å². The van der Waals surface area contributed by atoms with E-state index in [9.17, 15) is 56.3 Å². The van der Waals surface area contributed by atoms with Crippen molar-refractivity contribution in [3.63, 3.8) is 0 Å². The van der Waals surface area contributed by atoms with Gasteiger partial charge in [-0.2, -0.15) is 21.6 Å². The number of hydrogen-bond acceptors (Lipinski definition) is 13. The molecule has 0 spiro atoms. The molecule has 0 aliphatic heterocycles. The van der Waals surface area contributed by atoms with Crippen molar-refractivity contribution >= 4 is 59.6 Å². The molecule has 3 rings (SSSR count). The molecule has 0 saturated heterocycles. The van der Waals surface area contributed by atoms with Gasteiger partial charge in [-0.05, 0) is 85.2 Å². The minimum absolute atomic E-state index is 0.340. The Balaban J connectivity index is -0.000000698. The minimum atomic E-state index is -5.57. The first-order chi connectivity index (χ1) is 28.8. The molecule has 3 aromatic carbocycles. The summed E-state index contributed by atoms with van der Waals surface area (Å²) in [6.07, 6.45) is 5.14. The summed E-state index contributed by atoms with van der Waals surface area (Å²) in [7, 11) is -4.36. The van der Waals surface area contributed by atoms with Crippen LogP contribution in [0.1, 0.15) is 56.9 Å². The van der Waals surface area contributed by atoms with E-state index in [1.54, 1.807) is 12.1 Å². The normalized spacial score (nSPS) is 12.4. The predicted octanol–water partition coefficient (Wildman–Crippen LogP) is 4.58. The highest BCUT2D eigenvalue weighted by atomic mass is 32.2. The third-order valence-corrected chi connectivity index (χ3v) is 9.58. The molecule has 0 aliphatic rings. The summed E-state index contributed by atoms with van der Waals surface area (Å²) in [6, 6.07) is 21.7. The third kappa shape index (κ3) is 38.7. The second-order valence-electron chi connectivity index (χ2n) is 12.4. The van der Waals surface area contributed by atoms with Crippen molar-refractivity contribution in [2.24, 2.45) is 5.92 Å². The van der Waals surface area contributed by atoms with Crippen molar-refractivity contribution in [3.8, 4) is 5.75 Å². The number of ether oxygens (including phenoxy) is 2. The molecule has 0 aromatic heterocycles. The number of nitrogens with one attached hydrogen (secondary N) is 4. The van der Waals surface area contributed by atoms with Crippen LogP contribution < -0.4 is 23.1 Å². The van der Waals surface area contributed by atoms with E-state index >= 15 is 0 Å². The first kappa shape index (κ1) is 63.4. The highest BCUT2D eigenvalue weighted by molar-refractivity contribution is 7.92. The van der Waals surface area contributed by atoms with Crippen LogP contribution in [0.15, 0.2) is 72.8 Å². The Morgan fingerprint density at radius 1 is 0.645 bits per heavy atom. The zero-order valence-electron chi connectivity index (χ0n) is 36.1. The van der Waals surface area contributed by atoms with Gasteiger partial charge in [0, 0.05) is 66.8 Å². The molecule has 4 N–H and O–H groups in total. The van der Waals surface area contributed by atoms with E-state index in [2.05, 4.69) is 79.8 Å². The number of halogens is 3. The maximum absolute atomic E-state index is 12.0. The topological polar surface area (TPSA) is 264 Å². The lowest BCUT2D eigenvalue weighted by Crippen LogP contribution is -2.28. The first-order valence-electron chi connectivity index (χ1n) is 18.4. The molecule has 3 unspecified atom stereocenters. The van der Waals surface area contributed by atoms with Crippen molar-refractivity contribution in [2.75, 3.05) is 58.5 Å². The Bertz CT molecular complexity index is 1860. The van der Waals surface area contributed by atoms with Crippen LogP contribution in [-0.2, 0) is 89.1 Å². The van der Waals surface area contributed by atoms with Gasteiger partial charge in [0.15, 0.2) is 0 Å². The SMILES string of the molecule is CCc1ccc(CC(C)C)cc1.CCc1ccc(NS(C)(=O)=O)cc1.CCc1ccc(OS(=O)(=O)C(F)(F)F)cc1.CNS(=O)[O-].COCCNS(=O)[O-].COCCNS(=O)[O-]. The number of rotatable bonds is 18. The van der Waals surface area contributed by atoms with E-state index < -0.39 is 59.4 Å². The maximum Gasteiger partial charge on any atom is 0.534 e. The number of hydrogen-bond donors (Lipinski definition) is 4. The highest BCUT2D eigenvalue weighted by Gasteiger charge is 2.48. The largest absolute Gasteiger partial charge is 0.760 e. The number of benzene rings is 3. The van der Waals surface area contributed by atoms with E-state index in [1.807, 2.05) is 23.8 Å². The van der Waals surface area contributed by atoms with E-state index in [1.165, 1.54) is 68.6 Å². The molecule has 25 heteroatoms. The Kier molecular flexibility index (Phi) is 37.2. The fourth-order valence-electron chi connectivity index (χ4n) is 3.81. The summed E-state index contributed by atoms with van der Waals surface area (Å²) in [4.78, 5) is 0. The lowest BCUT2D eigenvalue weighted by Gasteiger charge is -2.09. The Labute approximate surface area is 373 Å². The molecule has 0 radical (unpaired) electrons. The zero-order valence-corrected chi connectivity index (χ0v) is 40.2. The van der Waals surface area contributed by atoms with Crippen LogP contribution in [0.5, 0.6) is 5.75 Å². The molecule has 3 atom stereocenters. The molecule has 0 amide bonds. The van der Waals surface area contributed by atoms with Crippen molar-refractivity contribution < 1.29 is 69.9 Å². The molecule has 360 valence electrons. The van der Waals surface area contributed by atoms with E-state index in [0.29, 0.717) is 38.4 Å². The Morgan fingerprint density at radius 3 is 1.26 bits per heavy atom. The summed E-state index contributed by atoms with van der Waals surface area (Å²) in [5, 5.41) is 0. The van der Waals surface area contributed by atoms with Crippen LogP contribution >= 0.6 is 0 Å². The van der Waals surface area contributed by atoms with Gasteiger partial charge in [0.2, 0.25) is 10.0 Å². The molecule has 0 aliphatic carbocycles. The summed E-state index contributed by atoms with van der Waals surface area (Å²) in [5.41, 5.74) is 0.163. The molecule has 0 saturated carbocycles. The Hall–Kier alpha value is -2.92. The smallest absolute Gasteiger partial charge is 0.534 e. The third-order valence-electron chi connectivity index (χ3n) is 6.78. The van der Waals surface area contributed by atoms with E-state index in [-0.39, 0.29) is 5.75 Å². The van der Waals surface area contributed by atoms with Gasteiger partial charge < -0.3 is 27.3 Å². The van der Waals surface area contributed by atoms with Gasteiger partial charge in [-0.25, -0.2) is 17.9 Å².